The standard InChI is InChI=1S/C14H19N7/c1-2-9-3-5-14(15,6-4-9)13-20-19-12-10-11(17-7-16-10)18-8-21(12)13/h7-9H,2-6,15H2,1H3,(H,16,17). The third-order valence-electron chi connectivity index (χ3n) is 4.85. The molecule has 0 radical (unpaired) electrons. The van der Waals surface area contributed by atoms with Gasteiger partial charge in [0.15, 0.2) is 17.1 Å². The van der Waals surface area contributed by atoms with Gasteiger partial charge in [-0.2, -0.15) is 0 Å². The summed E-state index contributed by atoms with van der Waals surface area (Å²) in [6.07, 6.45) is 8.79. The lowest BCUT2D eigenvalue weighted by molar-refractivity contribution is 0.220. The number of rotatable bonds is 2. The molecule has 21 heavy (non-hydrogen) atoms. The lowest BCUT2D eigenvalue weighted by Gasteiger charge is -2.35. The first-order valence-corrected chi connectivity index (χ1v) is 7.53. The molecule has 0 unspecified atom stereocenters. The summed E-state index contributed by atoms with van der Waals surface area (Å²) in [6, 6.07) is 0. The van der Waals surface area contributed by atoms with Crippen molar-refractivity contribution in [3.63, 3.8) is 0 Å². The van der Waals surface area contributed by atoms with Crippen LogP contribution in [0.5, 0.6) is 0 Å². The number of aromatic amines is 1. The molecular formula is C14H19N7. The van der Waals surface area contributed by atoms with Gasteiger partial charge in [-0.1, -0.05) is 13.3 Å². The number of aromatic nitrogens is 6. The molecular weight excluding hydrogens is 266 g/mol. The molecule has 0 saturated heterocycles. The number of nitrogens with two attached hydrogens (primary N) is 1. The van der Waals surface area contributed by atoms with Crippen LogP contribution >= 0.6 is 0 Å². The molecule has 0 atom stereocenters. The molecule has 3 aromatic heterocycles. The Bertz CT molecular complexity index is 779. The normalized spacial score (nSPS) is 26.7. The van der Waals surface area contributed by atoms with Crippen LogP contribution in [-0.2, 0) is 5.54 Å². The smallest absolute Gasteiger partial charge is 0.189 e. The van der Waals surface area contributed by atoms with Crippen molar-refractivity contribution in [3.05, 3.63) is 18.5 Å². The minimum atomic E-state index is -0.402. The van der Waals surface area contributed by atoms with Gasteiger partial charge in [-0.15, -0.1) is 10.2 Å². The molecule has 3 N–H and O–H groups in total. The van der Waals surface area contributed by atoms with Crippen molar-refractivity contribution in [2.45, 2.75) is 44.6 Å². The molecule has 110 valence electrons. The van der Waals surface area contributed by atoms with E-state index < -0.39 is 5.54 Å². The first-order valence-electron chi connectivity index (χ1n) is 7.53. The summed E-state index contributed by atoms with van der Waals surface area (Å²) in [7, 11) is 0. The molecule has 1 aliphatic rings. The first kappa shape index (κ1) is 12.7. The number of nitrogens with zero attached hydrogens (tertiary/aromatic N) is 5. The van der Waals surface area contributed by atoms with Crippen LogP contribution in [0.3, 0.4) is 0 Å². The SMILES string of the molecule is CCC1CCC(N)(c2nnc3c4[nH]cnc4ncn23)CC1. The van der Waals surface area contributed by atoms with Crippen molar-refractivity contribution >= 4 is 16.8 Å². The Morgan fingerprint density at radius 3 is 2.90 bits per heavy atom. The topological polar surface area (TPSA) is 97.8 Å². The maximum Gasteiger partial charge on any atom is 0.189 e. The van der Waals surface area contributed by atoms with Crippen molar-refractivity contribution in [3.8, 4) is 0 Å². The van der Waals surface area contributed by atoms with Gasteiger partial charge in [0.25, 0.3) is 0 Å². The highest BCUT2D eigenvalue weighted by atomic mass is 15.3. The van der Waals surface area contributed by atoms with E-state index in [0.29, 0.717) is 5.65 Å². The average molecular weight is 285 g/mol. The predicted octanol–water partition coefficient (Wildman–Crippen LogP) is 1.75. The Hall–Kier alpha value is -2.02. The van der Waals surface area contributed by atoms with Crippen LogP contribution in [-0.4, -0.2) is 29.5 Å². The average Bonchev–Trinajstić information content (AvgIpc) is 3.14. The Labute approximate surface area is 122 Å². The molecule has 7 nitrogen and oxygen atoms in total. The maximum absolute atomic E-state index is 6.65. The van der Waals surface area contributed by atoms with Crippen LogP contribution < -0.4 is 5.73 Å². The van der Waals surface area contributed by atoms with E-state index in [4.69, 9.17) is 5.73 Å². The number of imidazole rings is 1. The highest BCUT2D eigenvalue weighted by Crippen LogP contribution is 2.38. The van der Waals surface area contributed by atoms with E-state index in [0.717, 1.165) is 48.6 Å². The van der Waals surface area contributed by atoms with Crippen LogP contribution in [0.15, 0.2) is 12.7 Å². The predicted molar refractivity (Wildman–Crippen MR) is 78.5 cm³/mol. The Kier molecular flexibility index (Phi) is 2.72. The van der Waals surface area contributed by atoms with E-state index in [-0.39, 0.29) is 0 Å². The van der Waals surface area contributed by atoms with Crippen LogP contribution in [0.1, 0.15) is 44.9 Å². The molecule has 3 heterocycles. The summed E-state index contributed by atoms with van der Waals surface area (Å²) < 4.78 is 1.91. The molecule has 0 aromatic carbocycles. The van der Waals surface area contributed by atoms with Crippen molar-refractivity contribution in [2.24, 2.45) is 11.7 Å². The summed E-state index contributed by atoms with van der Waals surface area (Å²) in [5, 5.41) is 8.67. The summed E-state index contributed by atoms with van der Waals surface area (Å²) in [5.41, 5.74) is 8.46. The van der Waals surface area contributed by atoms with Crippen molar-refractivity contribution in [2.75, 3.05) is 0 Å². The van der Waals surface area contributed by atoms with Crippen LogP contribution in [0.2, 0.25) is 0 Å². The second kappa shape index (κ2) is 4.49. The molecule has 7 heteroatoms. The van der Waals surface area contributed by atoms with Crippen molar-refractivity contribution in [1.29, 1.82) is 0 Å². The van der Waals surface area contributed by atoms with Gasteiger partial charge in [0, 0.05) is 0 Å². The quantitative estimate of drug-likeness (QED) is 0.747. The van der Waals surface area contributed by atoms with Gasteiger partial charge in [-0.05, 0) is 31.6 Å². The van der Waals surface area contributed by atoms with E-state index in [2.05, 4.69) is 32.1 Å². The Morgan fingerprint density at radius 2 is 2.14 bits per heavy atom. The third kappa shape index (κ3) is 1.84. The third-order valence-corrected chi connectivity index (χ3v) is 4.85. The van der Waals surface area contributed by atoms with E-state index >= 15 is 0 Å². The number of hydrogen-bond acceptors (Lipinski definition) is 5. The summed E-state index contributed by atoms with van der Waals surface area (Å²) >= 11 is 0. The fraction of sp³-hybridized carbons (Fsp3) is 0.571. The van der Waals surface area contributed by atoms with E-state index in [9.17, 15) is 0 Å². The van der Waals surface area contributed by atoms with E-state index in [1.165, 1.54) is 6.42 Å². The minimum absolute atomic E-state index is 0.402. The van der Waals surface area contributed by atoms with Crippen LogP contribution in [0.25, 0.3) is 16.8 Å². The molecule has 1 aliphatic carbocycles. The second-order valence-electron chi connectivity index (χ2n) is 6.07. The van der Waals surface area contributed by atoms with Crippen LogP contribution in [0, 0.1) is 5.92 Å². The van der Waals surface area contributed by atoms with Gasteiger partial charge in [-0.25, -0.2) is 9.97 Å². The zero-order valence-corrected chi connectivity index (χ0v) is 12.1. The van der Waals surface area contributed by atoms with E-state index in [1.807, 2.05) is 4.40 Å². The van der Waals surface area contributed by atoms with Gasteiger partial charge < -0.3 is 10.7 Å². The fourth-order valence-corrected chi connectivity index (χ4v) is 3.40. The fourth-order valence-electron chi connectivity index (χ4n) is 3.40. The highest BCUT2D eigenvalue weighted by molar-refractivity contribution is 5.84. The lowest BCUT2D eigenvalue weighted by Crippen LogP contribution is -2.42. The van der Waals surface area contributed by atoms with Gasteiger partial charge in [0.2, 0.25) is 0 Å². The van der Waals surface area contributed by atoms with E-state index in [1.54, 1.807) is 12.7 Å². The largest absolute Gasteiger partial charge is 0.340 e. The highest BCUT2D eigenvalue weighted by Gasteiger charge is 2.37. The molecule has 0 amide bonds. The molecule has 0 bridgehead atoms. The zero-order valence-electron chi connectivity index (χ0n) is 12.1. The number of nitrogens with one attached hydrogen (secondary N) is 1. The Morgan fingerprint density at radius 1 is 1.33 bits per heavy atom. The number of fused-ring (bicyclic) bond motifs is 3. The molecule has 1 saturated carbocycles. The molecule has 3 aromatic rings. The zero-order chi connectivity index (χ0) is 14.4. The first-order chi connectivity index (χ1) is 10.2. The van der Waals surface area contributed by atoms with Crippen LogP contribution in [0.4, 0.5) is 0 Å². The number of H-pyrrole nitrogens is 1. The molecule has 0 spiro atoms. The van der Waals surface area contributed by atoms with Gasteiger partial charge >= 0.3 is 0 Å². The van der Waals surface area contributed by atoms with Crippen molar-refractivity contribution in [1.82, 2.24) is 29.5 Å². The molecule has 4 rings (SSSR count). The Balaban J connectivity index is 1.80. The minimum Gasteiger partial charge on any atom is -0.340 e. The maximum atomic E-state index is 6.65. The van der Waals surface area contributed by atoms with Gasteiger partial charge in [0.1, 0.15) is 11.8 Å². The summed E-state index contributed by atoms with van der Waals surface area (Å²) in [5.74, 6) is 1.61. The van der Waals surface area contributed by atoms with Crippen molar-refractivity contribution < 1.29 is 0 Å². The molecule has 0 aliphatic heterocycles. The molecule has 1 fully saturated rings. The number of hydrogen-bond donors (Lipinski definition) is 2. The summed E-state index contributed by atoms with van der Waals surface area (Å²) in [6.45, 7) is 2.25. The second-order valence-corrected chi connectivity index (χ2v) is 6.07. The van der Waals surface area contributed by atoms with Gasteiger partial charge in [0.05, 0.1) is 11.9 Å². The monoisotopic (exact) mass is 285 g/mol. The lowest BCUT2D eigenvalue weighted by atomic mass is 9.76. The van der Waals surface area contributed by atoms with Gasteiger partial charge in [-0.3, -0.25) is 4.40 Å². The summed E-state index contributed by atoms with van der Waals surface area (Å²) in [4.78, 5) is 11.6.